The number of ether oxygens (including phenoxy) is 2. The summed E-state index contributed by atoms with van der Waals surface area (Å²) >= 11 is 0. The molecule has 0 unspecified atom stereocenters. The first kappa shape index (κ1) is 19.4. The van der Waals surface area contributed by atoms with Gasteiger partial charge in [0.2, 0.25) is 0 Å². The van der Waals surface area contributed by atoms with E-state index in [1.54, 1.807) is 45.0 Å². The van der Waals surface area contributed by atoms with Gasteiger partial charge in [-0.25, -0.2) is 13.6 Å². The molecule has 1 amide bonds. The van der Waals surface area contributed by atoms with Gasteiger partial charge in [0.1, 0.15) is 18.0 Å². The van der Waals surface area contributed by atoms with Gasteiger partial charge >= 0.3 is 6.09 Å². The number of benzene rings is 2. The number of rotatable bonds is 5. The zero-order chi connectivity index (χ0) is 19.3. The number of hydrogen-bond donors (Lipinski definition) is 1. The Morgan fingerprint density at radius 1 is 1.15 bits per heavy atom. The topological polar surface area (TPSA) is 64.6 Å². The second-order valence-corrected chi connectivity index (χ2v) is 6.46. The Kier molecular flexibility index (Phi) is 5.92. The average Bonchev–Trinajstić information content (AvgIpc) is 2.54. The first-order chi connectivity index (χ1) is 12.2. The van der Waals surface area contributed by atoms with Crippen molar-refractivity contribution in [3.05, 3.63) is 59.2 Å². The molecule has 0 aliphatic heterocycles. The van der Waals surface area contributed by atoms with Gasteiger partial charge in [-0.3, -0.25) is 10.1 Å². The molecule has 0 fully saturated rings. The maximum atomic E-state index is 14.0. The van der Waals surface area contributed by atoms with Crippen molar-refractivity contribution in [1.29, 1.82) is 0 Å². The summed E-state index contributed by atoms with van der Waals surface area (Å²) in [5.74, 6) is -2.30. The predicted octanol–water partition coefficient (Wildman–Crippen LogP) is 4.70. The highest BCUT2D eigenvalue weighted by Crippen LogP contribution is 2.24. The summed E-state index contributed by atoms with van der Waals surface area (Å²) in [5.41, 5.74) is -0.366. The van der Waals surface area contributed by atoms with Crippen molar-refractivity contribution < 1.29 is 27.8 Å². The van der Waals surface area contributed by atoms with E-state index in [4.69, 9.17) is 9.47 Å². The summed E-state index contributed by atoms with van der Waals surface area (Å²) in [6, 6.07) is 8.79. The number of halogens is 2. The molecule has 26 heavy (non-hydrogen) atoms. The van der Waals surface area contributed by atoms with Crippen LogP contribution in [-0.4, -0.2) is 18.0 Å². The van der Waals surface area contributed by atoms with Crippen molar-refractivity contribution in [2.75, 3.05) is 5.32 Å². The fourth-order valence-corrected chi connectivity index (χ4v) is 2.11. The molecule has 0 saturated heterocycles. The molecule has 0 heterocycles. The monoisotopic (exact) mass is 363 g/mol. The third kappa shape index (κ3) is 5.02. The molecular formula is C19H19F2NO4. The zero-order valence-electron chi connectivity index (χ0n) is 14.6. The molecule has 0 atom stereocenters. The Balaban J connectivity index is 2.14. The van der Waals surface area contributed by atoms with Crippen molar-refractivity contribution >= 4 is 18.1 Å². The van der Waals surface area contributed by atoms with Crippen LogP contribution in [0.4, 0.5) is 19.3 Å². The third-order valence-electron chi connectivity index (χ3n) is 3.25. The standard InChI is InChI=1S/C19H19F2NO4/c1-19(2,3)26-18(24)22-15-7-5-4-6-12(15)11-25-16-9-8-14(20)13(10-23)17(16)21/h4-10H,11H2,1-3H3,(H,22,24). The lowest BCUT2D eigenvalue weighted by Crippen LogP contribution is -2.27. The van der Waals surface area contributed by atoms with E-state index in [-0.39, 0.29) is 18.6 Å². The Morgan fingerprint density at radius 2 is 1.85 bits per heavy atom. The Bertz CT molecular complexity index is 816. The van der Waals surface area contributed by atoms with Crippen molar-refractivity contribution in [2.24, 2.45) is 0 Å². The molecule has 7 heteroatoms. The number of anilines is 1. The minimum Gasteiger partial charge on any atom is -0.486 e. The third-order valence-corrected chi connectivity index (χ3v) is 3.25. The summed E-state index contributed by atoms with van der Waals surface area (Å²) in [6.07, 6.45) is -0.545. The van der Waals surface area contributed by atoms with E-state index in [0.717, 1.165) is 12.1 Å². The molecular weight excluding hydrogens is 344 g/mol. The summed E-state index contributed by atoms with van der Waals surface area (Å²) in [4.78, 5) is 22.7. The number of para-hydroxylation sites is 1. The van der Waals surface area contributed by atoms with Crippen molar-refractivity contribution in [1.82, 2.24) is 0 Å². The minimum absolute atomic E-state index is 0.0928. The molecule has 2 aromatic carbocycles. The number of carbonyl (C=O) groups is 2. The van der Waals surface area contributed by atoms with Crippen LogP contribution in [0.1, 0.15) is 36.7 Å². The summed E-state index contributed by atoms with van der Waals surface area (Å²) in [7, 11) is 0. The summed E-state index contributed by atoms with van der Waals surface area (Å²) in [6.45, 7) is 5.11. The number of carbonyl (C=O) groups excluding carboxylic acids is 2. The van der Waals surface area contributed by atoms with E-state index in [2.05, 4.69) is 5.32 Å². The van der Waals surface area contributed by atoms with E-state index in [0.29, 0.717) is 11.3 Å². The Morgan fingerprint density at radius 3 is 2.50 bits per heavy atom. The SMILES string of the molecule is CC(C)(C)OC(=O)Nc1ccccc1COc1ccc(F)c(C=O)c1F. The maximum absolute atomic E-state index is 14.0. The molecule has 0 spiro atoms. The molecule has 0 aliphatic rings. The van der Waals surface area contributed by atoms with Crippen LogP contribution >= 0.6 is 0 Å². The first-order valence-corrected chi connectivity index (χ1v) is 7.85. The van der Waals surface area contributed by atoms with Gasteiger partial charge in [-0.05, 0) is 39.0 Å². The molecule has 1 N–H and O–H groups in total. The highest BCUT2D eigenvalue weighted by molar-refractivity contribution is 5.85. The molecule has 2 rings (SSSR count). The van der Waals surface area contributed by atoms with Gasteiger partial charge in [0.25, 0.3) is 0 Å². The Labute approximate surface area is 149 Å². The molecule has 0 radical (unpaired) electrons. The van der Waals surface area contributed by atoms with Gasteiger partial charge in [0, 0.05) is 5.56 Å². The van der Waals surface area contributed by atoms with Crippen molar-refractivity contribution in [3.63, 3.8) is 0 Å². The van der Waals surface area contributed by atoms with E-state index < -0.39 is 28.9 Å². The lowest BCUT2D eigenvalue weighted by molar-refractivity contribution is 0.0635. The first-order valence-electron chi connectivity index (χ1n) is 7.85. The van der Waals surface area contributed by atoms with Crippen molar-refractivity contribution in [3.8, 4) is 5.75 Å². The highest BCUT2D eigenvalue weighted by Gasteiger charge is 2.18. The van der Waals surface area contributed by atoms with E-state index >= 15 is 0 Å². The summed E-state index contributed by atoms with van der Waals surface area (Å²) in [5, 5.41) is 2.60. The number of aldehydes is 1. The second-order valence-electron chi connectivity index (χ2n) is 6.46. The van der Waals surface area contributed by atoms with E-state index in [1.165, 1.54) is 0 Å². The fourth-order valence-electron chi connectivity index (χ4n) is 2.11. The van der Waals surface area contributed by atoms with Gasteiger partial charge in [-0.15, -0.1) is 0 Å². The van der Waals surface area contributed by atoms with Gasteiger partial charge in [0.15, 0.2) is 17.9 Å². The van der Waals surface area contributed by atoms with Crippen molar-refractivity contribution in [2.45, 2.75) is 33.0 Å². The van der Waals surface area contributed by atoms with Crippen LogP contribution in [0.3, 0.4) is 0 Å². The molecule has 0 aromatic heterocycles. The molecule has 5 nitrogen and oxygen atoms in total. The largest absolute Gasteiger partial charge is 0.486 e. The minimum atomic E-state index is -1.07. The second kappa shape index (κ2) is 7.95. The normalized spacial score (nSPS) is 11.0. The van der Waals surface area contributed by atoms with Crippen LogP contribution in [0, 0.1) is 11.6 Å². The van der Waals surface area contributed by atoms with Gasteiger partial charge in [-0.2, -0.15) is 0 Å². The van der Waals surface area contributed by atoms with Gasteiger partial charge < -0.3 is 9.47 Å². The van der Waals surface area contributed by atoms with Crippen LogP contribution in [0.2, 0.25) is 0 Å². The molecule has 138 valence electrons. The molecule has 0 saturated carbocycles. The van der Waals surface area contributed by atoms with Crippen LogP contribution < -0.4 is 10.1 Å². The highest BCUT2D eigenvalue weighted by atomic mass is 19.1. The fraction of sp³-hybridized carbons (Fsp3) is 0.263. The summed E-state index contributed by atoms with van der Waals surface area (Å²) < 4.78 is 37.9. The smallest absolute Gasteiger partial charge is 0.412 e. The van der Waals surface area contributed by atoms with Crippen LogP contribution in [0.25, 0.3) is 0 Å². The molecule has 0 aliphatic carbocycles. The molecule has 2 aromatic rings. The number of hydrogen-bond acceptors (Lipinski definition) is 4. The van der Waals surface area contributed by atoms with E-state index in [1.807, 2.05) is 0 Å². The van der Waals surface area contributed by atoms with Crippen LogP contribution in [0.5, 0.6) is 5.75 Å². The maximum Gasteiger partial charge on any atom is 0.412 e. The Hall–Kier alpha value is -2.96. The predicted molar refractivity (Wildman–Crippen MR) is 92.4 cm³/mol. The molecule has 0 bridgehead atoms. The van der Waals surface area contributed by atoms with Crippen LogP contribution in [-0.2, 0) is 11.3 Å². The zero-order valence-corrected chi connectivity index (χ0v) is 14.6. The van der Waals surface area contributed by atoms with Crippen LogP contribution in [0.15, 0.2) is 36.4 Å². The van der Waals surface area contributed by atoms with E-state index in [9.17, 15) is 18.4 Å². The average molecular weight is 363 g/mol. The van der Waals surface area contributed by atoms with Gasteiger partial charge in [-0.1, -0.05) is 18.2 Å². The lowest BCUT2D eigenvalue weighted by Gasteiger charge is -2.20. The van der Waals surface area contributed by atoms with Gasteiger partial charge in [0.05, 0.1) is 11.3 Å². The quantitative estimate of drug-likeness (QED) is 0.782. The lowest BCUT2D eigenvalue weighted by atomic mass is 10.2. The number of nitrogens with one attached hydrogen (secondary N) is 1. The number of amides is 1.